The number of hydrogen-bond acceptors (Lipinski definition) is 3. The van der Waals surface area contributed by atoms with Crippen LogP contribution in [0, 0.1) is 0 Å². The van der Waals surface area contributed by atoms with Crippen LogP contribution in [-0.2, 0) is 19.8 Å². The molecule has 0 unspecified atom stereocenters. The molecule has 3 aromatic rings. The molecule has 3 heteroatoms. The van der Waals surface area contributed by atoms with Gasteiger partial charge in [-0.2, -0.15) is 0 Å². The van der Waals surface area contributed by atoms with Gasteiger partial charge in [0.1, 0.15) is 5.60 Å². The maximum absolute atomic E-state index is 6.45. The topological polar surface area (TPSA) is 27.7 Å². The Hall–Kier alpha value is -2.46. The van der Waals surface area contributed by atoms with Gasteiger partial charge in [0.2, 0.25) is 0 Å². The van der Waals surface area contributed by atoms with Crippen LogP contribution < -0.4 is 0 Å². The predicted octanol–water partition coefficient (Wildman–Crippen LogP) is 4.57. The first-order chi connectivity index (χ1) is 12.3. The monoisotopic (exact) mass is 334 g/mol. The van der Waals surface area contributed by atoms with Crippen LogP contribution in [-0.4, -0.2) is 20.7 Å². The Morgan fingerprint density at radius 3 is 1.16 bits per heavy atom. The minimum Gasteiger partial charge on any atom is -0.333 e. The molecule has 3 aromatic carbocycles. The van der Waals surface area contributed by atoms with Crippen LogP contribution in [0.5, 0.6) is 0 Å². The lowest BCUT2D eigenvalue weighted by molar-refractivity contribution is -0.297. The fourth-order valence-electron chi connectivity index (χ4n) is 3.06. The molecule has 0 amide bonds. The van der Waals surface area contributed by atoms with Crippen LogP contribution in [0.2, 0.25) is 0 Å². The summed E-state index contributed by atoms with van der Waals surface area (Å²) in [6.07, 6.45) is 0. The van der Waals surface area contributed by atoms with Gasteiger partial charge in [-0.25, -0.2) is 0 Å². The first-order valence-electron chi connectivity index (χ1n) is 8.21. The number of methoxy groups -OCH3 is 2. The molecule has 0 atom stereocenters. The fourth-order valence-corrected chi connectivity index (χ4v) is 3.06. The van der Waals surface area contributed by atoms with Crippen molar-refractivity contribution in [2.45, 2.75) is 12.1 Å². The van der Waals surface area contributed by atoms with Crippen molar-refractivity contribution in [1.29, 1.82) is 0 Å². The lowest BCUT2D eigenvalue weighted by atomic mass is 9.80. The summed E-state index contributed by atoms with van der Waals surface area (Å²) in [6.45, 7) is -0.805. The van der Waals surface area contributed by atoms with Gasteiger partial charge in [-0.3, -0.25) is 0 Å². The minimum atomic E-state index is -0.847. The van der Waals surface area contributed by atoms with Gasteiger partial charge in [0.05, 0.1) is 0 Å². The second kappa shape index (κ2) is 8.08. The molecule has 0 fully saturated rings. The molecule has 0 saturated carbocycles. The van der Waals surface area contributed by atoms with E-state index < -0.39 is 12.1 Å². The molecular formula is C22H22O3. The second-order valence-electron chi connectivity index (χ2n) is 5.66. The van der Waals surface area contributed by atoms with E-state index in [1.54, 1.807) is 14.2 Å². The molecule has 0 bridgehead atoms. The van der Waals surface area contributed by atoms with Crippen LogP contribution in [0.25, 0.3) is 0 Å². The maximum Gasteiger partial charge on any atom is 0.272 e. The summed E-state index contributed by atoms with van der Waals surface area (Å²) in [4.78, 5) is 0. The third-order valence-corrected chi connectivity index (χ3v) is 4.20. The van der Waals surface area contributed by atoms with Crippen LogP contribution in [0.3, 0.4) is 0 Å². The molecule has 3 rings (SSSR count). The average molecular weight is 334 g/mol. The number of hydrogen-bond donors (Lipinski definition) is 0. The van der Waals surface area contributed by atoms with Crippen molar-refractivity contribution in [1.82, 2.24) is 0 Å². The Labute approximate surface area is 148 Å². The van der Waals surface area contributed by atoms with Gasteiger partial charge in [-0.15, -0.1) is 0 Å². The van der Waals surface area contributed by atoms with E-state index in [9.17, 15) is 0 Å². The Morgan fingerprint density at radius 1 is 0.560 bits per heavy atom. The standard InChI is InChI=1S/C22H22O3/c1-23-21(24-2)25-22(18-12-6-3-7-13-18,19-14-8-4-9-15-19)20-16-10-5-11-17-20/h3-17,21H,1-2H3. The average Bonchev–Trinajstić information content (AvgIpc) is 2.71. The van der Waals surface area contributed by atoms with Gasteiger partial charge in [0, 0.05) is 14.2 Å². The van der Waals surface area contributed by atoms with Gasteiger partial charge in [0.15, 0.2) is 0 Å². The van der Waals surface area contributed by atoms with E-state index in [0.29, 0.717) is 0 Å². The van der Waals surface area contributed by atoms with Crippen molar-refractivity contribution in [2.75, 3.05) is 14.2 Å². The van der Waals surface area contributed by atoms with Crippen LogP contribution in [0.15, 0.2) is 91.0 Å². The molecule has 3 nitrogen and oxygen atoms in total. The first kappa shape index (κ1) is 17.4. The zero-order valence-corrected chi connectivity index (χ0v) is 14.5. The van der Waals surface area contributed by atoms with Crippen LogP contribution in [0.1, 0.15) is 16.7 Å². The van der Waals surface area contributed by atoms with Crippen molar-refractivity contribution in [3.63, 3.8) is 0 Å². The van der Waals surface area contributed by atoms with Crippen molar-refractivity contribution in [3.8, 4) is 0 Å². The van der Waals surface area contributed by atoms with Gasteiger partial charge < -0.3 is 14.2 Å². The normalized spacial score (nSPS) is 11.6. The molecular weight excluding hydrogens is 312 g/mol. The summed E-state index contributed by atoms with van der Waals surface area (Å²) < 4.78 is 17.2. The predicted molar refractivity (Wildman–Crippen MR) is 98.1 cm³/mol. The molecule has 0 spiro atoms. The van der Waals surface area contributed by atoms with Crippen molar-refractivity contribution in [3.05, 3.63) is 108 Å². The molecule has 0 aliphatic heterocycles. The fraction of sp³-hybridized carbons (Fsp3) is 0.182. The number of ether oxygens (including phenoxy) is 3. The van der Waals surface area contributed by atoms with E-state index in [4.69, 9.17) is 14.2 Å². The van der Waals surface area contributed by atoms with Gasteiger partial charge >= 0.3 is 0 Å². The molecule has 0 heterocycles. The molecule has 0 aliphatic carbocycles. The molecule has 128 valence electrons. The Kier molecular flexibility index (Phi) is 5.61. The highest BCUT2D eigenvalue weighted by molar-refractivity contribution is 5.47. The summed E-state index contributed by atoms with van der Waals surface area (Å²) in [6, 6.07) is 30.4. The number of rotatable bonds is 7. The molecule has 0 saturated heterocycles. The summed E-state index contributed by atoms with van der Waals surface area (Å²) in [5.41, 5.74) is 2.17. The van der Waals surface area contributed by atoms with E-state index in [-0.39, 0.29) is 0 Å². The quantitative estimate of drug-likeness (QED) is 0.468. The lowest BCUT2D eigenvalue weighted by Crippen LogP contribution is -2.38. The van der Waals surface area contributed by atoms with E-state index in [0.717, 1.165) is 16.7 Å². The van der Waals surface area contributed by atoms with Crippen LogP contribution >= 0.6 is 0 Å². The summed E-state index contributed by atoms with van der Waals surface area (Å²) in [5, 5.41) is 0. The van der Waals surface area contributed by atoms with E-state index in [2.05, 4.69) is 36.4 Å². The molecule has 0 N–H and O–H groups in total. The van der Waals surface area contributed by atoms with Crippen LogP contribution in [0.4, 0.5) is 0 Å². The molecule has 25 heavy (non-hydrogen) atoms. The van der Waals surface area contributed by atoms with E-state index in [1.807, 2.05) is 54.6 Å². The Morgan fingerprint density at radius 2 is 0.880 bits per heavy atom. The van der Waals surface area contributed by atoms with Crippen molar-refractivity contribution < 1.29 is 14.2 Å². The molecule has 0 aliphatic rings. The highest BCUT2D eigenvalue weighted by Crippen LogP contribution is 2.41. The minimum absolute atomic E-state index is 0.805. The molecule has 0 aromatic heterocycles. The summed E-state index contributed by atoms with van der Waals surface area (Å²) in [5.74, 6) is 0. The van der Waals surface area contributed by atoms with Gasteiger partial charge in [-0.05, 0) is 16.7 Å². The van der Waals surface area contributed by atoms with Gasteiger partial charge in [-0.1, -0.05) is 91.0 Å². The summed E-state index contributed by atoms with van der Waals surface area (Å²) >= 11 is 0. The smallest absolute Gasteiger partial charge is 0.272 e. The maximum atomic E-state index is 6.45. The largest absolute Gasteiger partial charge is 0.333 e. The Bertz CT molecular complexity index is 656. The SMILES string of the molecule is COC(OC)OC(c1ccccc1)(c1ccccc1)c1ccccc1. The van der Waals surface area contributed by atoms with Gasteiger partial charge in [0.25, 0.3) is 6.48 Å². The third-order valence-electron chi connectivity index (χ3n) is 4.20. The third kappa shape index (κ3) is 3.49. The highest BCUT2D eigenvalue weighted by atomic mass is 16.8. The summed E-state index contributed by atoms with van der Waals surface area (Å²) in [7, 11) is 3.14. The Balaban J connectivity index is 2.27. The highest BCUT2D eigenvalue weighted by Gasteiger charge is 2.40. The number of benzene rings is 3. The lowest BCUT2D eigenvalue weighted by Gasteiger charge is -2.37. The van der Waals surface area contributed by atoms with E-state index >= 15 is 0 Å². The molecule has 0 radical (unpaired) electrons. The van der Waals surface area contributed by atoms with Crippen molar-refractivity contribution >= 4 is 0 Å². The van der Waals surface area contributed by atoms with E-state index in [1.165, 1.54) is 0 Å². The van der Waals surface area contributed by atoms with Crippen molar-refractivity contribution in [2.24, 2.45) is 0 Å². The first-order valence-corrected chi connectivity index (χ1v) is 8.21. The zero-order valence-electron chi connectivity index (χ0n) is 14.5. The second-order valence-corrected chi connectivity index (χ2v) is 5.66. The zero-order chi connectivity index (χ0) is 17.5.